The highest BCUT2D eigenvalue weighted by atomic mass is 16.1. The summed E-state index contributed by atoms with van der Waals surface area (Å²) < 4.78 is 2.00. The third-order valence-corrected chi connectivity index (χ3v) is 5.07. The average Bonchev–Trinajstić information content (AvgIpc) is 2.98. The van der Waals surface area contributed by atoms with Gasteiger partial charge in [-0.2, -0.15) is 5.10 Å². The van der Waals surface area contributed by atoms with E-state index in [1.165, 1.54) is 19.3 Å². The van der Waals surface area contributed by atoms with Gasteiger partial charge < -0.3 is 4.98 Å². The summed E-state index contributed by atoms with van der Waals surface area (Å²) in [6.45, 7) is 4.38. The molecule has 2 aromatic rings. The van der Waals surface area contributed by atoms with Crippen molar-refractivity contribution in [2.24, 2.45) is 5.92 Å². The van der Waals surface area contributed by atoms with Crippen LogP contribution in [0, 0.1) is 5.92 Å². The summed E-state index contributed by atoms with van der Waals surface area (Å²) in [5.41, 5.74) is 0.727. The summed E-state index contributed by atoms with van der Waals surface area (Å²) >= 11 is 0. The predicted octanol–water partition coefficient (Wildman–Crippen LogP) is 3.60. The van der Waals surface area contributed by atoms with Crippen molar-refractivity contribution < 1.29 is 0 Å². The summed E-state index contributed by atoms with van der Waals surface area (Å²) in [5.74, 6) is 1.38. The van der Waals surface area contributed by atoms with Gasteiger partial charge in [-0.05, 0) is 18.8 Å². The third-order valence-electron chi connectivity index (χ3n) is 5.07. The molecule has 0 radical (unpaired) electrons. The van der Waals surface area contributed by atoms with Crippen LogP contribution >= 0.6 is 0 Å². The second-order valence-corrected chi connectivity index (χ2v) is 6.52. The van der Waals surface area contributed by atoms with Crippen molar-refractivity contribution >= 4 is 11.0 Å². The van der Waals surface area contributed by atoms with Gasteiger partial charge in [0.05, 0.1) is 12.2 Å². The first-order chi connectivity index (χ1) is 10.7. The Labute approximate surface area is 131 Å². The van der Waals surface area contributed by atoms with Crippen molar-refractivity contribution in [3.63, 3.8) is 0 Å². The van der Waals surface area contributed by atoms with Crippen LogP contribution in [0.4, 0.5) is 0 Å². The molecule has 2 heterocycles. The van der Waals surface area contributed by atoms with Crippen LogP contribution in [0.3, 0.4) is 0 Å². The van der Waals surface area contributed by atoms with Crippen LogP contribution < -0.4 is 5.56 Å². The molecule has 0 saturated heterocycles. The van der Waals surface area contributed by atoms with Gasteiger partial charge in [-0.25, -0.2) is 9.67 Å². The van der Waals surface area contributed by atoms with Crippen LogP contribution in [0.5, 0.6) is 0 Å². The number of rotatable bonds is 5. The van der Waals surface area contributed by atoms with E-state index in [-0.39, 0.29) is 5.56 Å². The Morgan fingerprint density at radius 1 is 1.27 bits per heavy atom. The number of nitrogens with one attached hydrogen (secondary N) is 1. The minimum Gasteiger partial charge on any atom is -0.310 e. The molecule has 120 valence electrons. The first-order valence-corrected chi connectivity index (χ1v) is 8.69. The maximum Gasteiger partial charge on any atom is 0.262 e. The molecule has 1 aliphatic rings. The zero-order chi connectivity index (χ0) is 15.5. The van der Waals surface area contributed by atoms with E-state index in [0.717, 1.165) is 43.6 Å². The average molecular weight is 302 g/mol. The second-order valence-electron chi connectivity index (χ2n) is 6.52. The molecule has 5 nitrogen and oxygen atoms in total. The van der Waals surface area contributed by atoms with Gasteiger partial charge in [0.2, 0.25) is 0 Å². The predicted molar refractivity (Wildman–Crippen MR) is 88.0 cm³/mol. The molecule has 0 spiro atoms. The van der Waals surface area contributed by atoms with E-state index in [9.17, 15) is 4.79 Å². The molecule has 1 N–H and O–H groups in total. The molecule has 1 aliphatic carbocycles. The topological polar surface area (TPSA) is 63.6 Å². The largest absolute Gasteiger partial charge is 0.310 e. The van der Waals surface area contributed by atoms with Crippen LogP contribution in [0.15, 0.2) is 11.0 Å². The molecule has 0 amide bonds. The monoisotopic (exact) mass is 302 g/mol. The third kappa shape index (κ3) is 2.94. The van der Waals surface area contributed by atoms with E-state index >= 15 is 0 Å². The standard InChI is InChI=1S/C17H26N4O/c1-3-12(4-2)10-15-19-16-14(17(22)20-15)11-18-21(16)13-8-6-5-7-9-13/h11-13H,3-10H2,1-2H3,(H,19,20,22). The maximum absolute atomic E-state index is 12.3. The molecule has 2 aromatic heterocycles. The summed E-state index contributed by atoms with van der Waals surface area (Å²) in [5, 5.41) is 5.10. The fourth-order valence-corrected chi connectivity index (χ4v) is 3.52. The summed E-state index contributed by atoms with van der Waals surface area (Å²) in [4.78, 5) is 20.0. The molecule has 1 fully saturated rings. The van der Waals surface area contributed by atoms with Crippen LogP contribution in [-0.4, -0.2) is 19.7 Å². The molecular weight excluding hydrogens is 276 g/mol. The smallest absolute Gasteiger partial charge is 0.262 e. The Balaban J connectivity index is 1.97. The van der Waals surface area contributed by atoms with E-state index < -0.39 is 0 Å². The Morgan fingerprint density at radius 2 is 2.00 bits per heavy atom. The minimum atomic E-state index is -0.0481. The number of nitrogens with zero attached hydrogens (tertiary/aromatic N) is 3. The molecule has 0 aliphatic heterocycles. The van der Waals surface area contributed by atoms with Gasteiger partial charge in [0, 0.05) is 6.42 Å². The lowest BCUT2D eigenvalue weighted by atomic mass is 9.96. The normalized spacial score (nSPS) is 16.7. The van der Waals surface area contributed by atoms with Crippen LogP contribution in [-0.2, 0) is 6.42 Å². The lowest BCUT2D eigenvalue weighted by Crippen LogP contribution is -2.18. The van der Waals surface area contributed by atoms with Crippen LogP contribution in [0.1, 0.15) is 70.7 Å². The van der Waals surface area contributed by atoms with Gasteiger partial charge in [-0.3, -0.25) is 4.79 Å². The van der Waals surface area contributed by atoms with E-state index in [0.29, 0.717) is 17.3 Å². The Kier molecular flexibility index (Phi) is 4.60. The molecule has 3 rings (SSSR count). The molecular formula is C17H26N4O. The first-order valence-electron chi connectivity index (χ1n) is 8.69. The molecule has 0 aromatic carbocycles. The van der Waals surface area contributed by atoms with Gasteiger partial charge in [0.25, 0.3) is 5.56 Å². The molecule has 1 saturated carbocycles. The molecule has 0 unspecified atom stereocenters. The van der Waals surface area contributed by atoms with Gasteiger partial charge in [-0.1, -0.05) is 46.0 Å². The van der Waals surface area contributed by atoms with Gasteiger partial charge in [0.1, 0.15) is 11.2 Å². The Hall–Kier alpha value is -1.65. The zero-order valence-electron chi connectivity index (χ0n) is 13.6. The van der Waals surface area contributed by atoms with Crippen molar-refractivity contribution in [3.8, 4) is 0 Å². The van der Waals surface area contributed by atoms with Crippen molar-refractivity contribution in [1.29, 1.82) is 0 Å². The maximum atomic E-state index is 12.3. The highest BCUT2D eigenvalue weighted by Crippen LogP contribution is 2.29. The van der Waals surface area contributed by atoms with Crippen molar-refractivity contribution in [2.45, 2.75) is 71.3 Å². The fraction of sp³-hybridized carbons (Fsp3) is 0.706. The van der Waals surface area contributed by atoms with Crippen molar-refractivity contribution in [2.75, 3.05) is 0 Å². The van der Waals surface area contributed by atoms with Crippen molar-refractivity contribution in [1.82, 2.24) is 19.7 Å². The minimum absolute atomic E-state index is 0.0481. The molecule has 0 bridgehead atoms. The zero-order valence-corrected chi connectivity index (χ0v) is 13.6. The second kappa shape index (κ2) is 6.63. The summed E-state index contributed by atoms with van der Waals surface area (Å²) in [7, 11) is 0. The Bertz CT molecular complexity index is 678. The van der Waals surface area contributed by atoms with Gasteiger partial charge in [-0.15, -0.1) is 0 Å². The van der Waals surface area contributed by atoms with E-state index in [1.807, 2.05) is 4.68 Å². The van der Waals surface area contributed by atoms with Crippen LogP contribution in [0.25, 0.3) is 11.0 Å². The molecule has 22 heavy (non-hydrogen) atoms. The lowest BCUT2D eigenvalue weighted by molar-refractivity contribution is 0.335. The van der Waals surface area contributed by atoms with Gasteiger partial charge >= 0.3 is 0 Å². The summed E-state index contributed by atoms with van der Waals surface area (Å²) in [6.07, 6.45) is 10.8. The number of H-pyrrole nitrogens is 1. The molecule has 0 atom stereocenters. The first kappa shape index (κ1) is 15.3. The van der Waals surface area contributed by atoms with Crippen molar-refractivity contribution in [3.05, 3.63) is 22.4 Å². The lowest BCUT2D eigenvalue weighted by Gasteiger charge is -2.22. The summed E-state index contributed by atoms with van der Waals surface area (Å²) in [6, 6.07) is 0.404. The Morgan fingerprint density at radius 3 is 2.68 bits per heavy atom. The van der Waals surface area contributed by atoms with E-state index in [2.05, 4.69) is 23.9 Å². The number of hydrogen-bond donors (Lipinski definition) is 1. The number of hydrogen-bond acceptors (Lipinski definition) is 3. The van der Waals surface area contributed by atoms with Crippen LogP contribution in [0.2, 0.25) is 0 Å². The van der Waals surface area contributed by atoms with E-state index in [4.69, 9.17) is 4.98 Å². The van der Waals surface area contributed by atoms with E-state index in [1.54, 1.807) is 6.20 Å². The van der Waals surface area contributed by atoms with Gasteiger partial charge in [0.15, 0.2) is 5.65 Å². The number of aromatic nitrogens is 4. The SMILES string of the molecule is CCC(CC)Cc1nc2c(cnn2C2CCCCC2)c(=O)[nH]1. The number of fused-ring (bicyclic) bond motifs is 1. The fourth-order valence-electron chi connectivity index (χ4n) is 3.52. The highest BCUT2D eigenvalue weighted by molar-refractivity contribution is 5.73. The molecule has 5 heteroatoms. The highest BCUT2D eigenvalue weighted by Gasteiger charge is 2.20. The number of aromatic amines is 1. The quantitative estimate of drug-likeness (QED) is 0.917.